The summed E-state index contributed by atoms with van der Waals surface area (Å²) in [5.74, 6) is 0. The van der Waals surface area contributed by atoms with E-state index in [0.29, 0.717) is 0 Å². The molecule has 9 rings (SSSR count). The monoisotopic (exact) mass is 690 g/mol. The molecule has 0 radical (unpaired) electrons. The molecule has 52 heavy (non-hydrogen) atoms. The summed E-state index contributed by atoms with van der Waals surface area (Å²) in [5.41, 5.74) is 15.4. The Hall–Kier alpha value is -5.97. The van der Waals surface area contributed by atoms with Gasteiger partial charge in [-0.1, -0.05) is 147 Å². The lowest BCUT2D eigenvalue weighted by Crippen LogP contribution is -2.16. The van der Waals surface area contributed by atoms with Crippen LogP contribution in [0.3, 0.4) is 0 Å². The Bertz CT molecular complexity index is 2630. The van der Waals surface area contributed by atoms with E-state index in [4.69, 9.17) is 4.36 Å². The molecule has 1 atom stereocenters. The molecule has 1 heterocycles. The van der Waals surface area contributed by atoms with Crippen molar-refractivity contribution >= 4 is 38.6 Å². The number of rotatable bonds is 6. The minimum atomic E-state index is -2.70. The molecule has 7 aromatic rings. The number of hydrogen-bond acceptors (Lipinski definition) is 3. The number of fused-ring (bicyclic) bond motifs is 4. The lowest BCUT2D eigenvalue weighted by Gasteiger charge is -2.28. The second-order valence-electron chi connectivity index (χ2n) is 14.2. The maximum Gasteiger partial charge on any atom is 0.0812 e. The molecule has 0 aromatic heterocycles. The number of benzene rings is 7. The molecule has 0 N–H and O–H groups in total. The van der Waals surface area contributed by atoms with Crippen molar-refractivity contribution in [2.75, 3.05) is 11.2 Å². The summed E-state index contributed by atoms with van der Waals surface area (Å²) >= 11 is 0. The van der Waals surface area contributed by atoms with Crippen LogP contribution in [0.4, 0.5) is 17.1 Å². The van der Waals surface area contributed by atoms with Gasteiger partial charge in [0.15, 0.2) is 0 Å². The summed E-state index contributed by atoms with van der Waals surface area (Å²) in [7, 11) is -2.70. The molecule has 0 saturated carbocycles. The molecular formula is C48H38N2OS. The van der Waals surface area contributed by atoms with E-state index < -0.39 is 9.73 Å². The normalized spacial score (nSPS) is 16.6. The highest BCUT2D eigenvalue weighted by molar-refractivity contribution is 7.93. The van der Waals surface area contributed by atoms with Gasteiger partial charge in [-0.15, -0.1) is 0 Å². The highest BCUT2D eigenvalue weighted by Crippen LogP contribution is 2.51. The second-order valence-corrected chi connectivity index (χ2v) is 16.4. The van der Waals surface area contributed by atoms with E-state index in [1.165, 1.54) is 33.4 Å². The Morgan fingerprint density at radius 2 is 1.04 bits per heavy atom. The Kier molecular flexibility index (Phi) is 7.60. The summed E-state index contributed by atoms with van der Waals surface area (Å²) < 4.78 is 19.1. The summed E-state index contributed by atoms with van der Waals surface area (Å²) in [4.78, 5) is 3.13. The van der Waals surface area contributed by atoms with Crippen molar-refractivity contribution in [3.05, 3.63) is 192 Å². The topological polar surface area (TPSA) is 32.7 Å². The van der Waals surface area contributed by atoms with Crippen LogP contribution in [-0.2, 0) is 15.1 Å². The van der Waals surface area contributed by atoms with Crippen LogP contribution in [0.1, 0.15) is 36.1 Å². The third kappa shape index (κ3) is 5.39. The highest BCUT2D eigenvalue weighted by atomic mass is 32.2. The van der Waals surface area contributed by atoms with Crippen molar-refractivity contribution in [2.24, 2.45) is 4.36 Å². The third-order valence-corrected chi connectivity index (χ3v) is 12.3. The summed E-state index contributed by atoms with van der Waals surface area (Å²) in [6.45, 7) is 4.65. The Morgan fingerprint density at radius 1 is 0.500 bits per heavy atom. The van der Waals surface area contributed by atoms with Crippen LogP contribution < -0.4 is 4.90 Å². The van der Waals surface area contributed by atoms with Crippen molar-refractivity contribution in [1.82, 2.24) is 0 Å². The largest absolute Gasteiger partial charge is 0.310 e. The molecule has 1 aliphatic carbocycles. The molecule has 1 aliphatic heterocycles. The van der Waals surface area contributed by atoms with Gasteiger partial charge in [0.1, 0.15) is 0 Å². The molecule has 252 valence electrons. The second kappa shape index (κ2) is 12.4. The summed E-state index contributed by atoms with van der Waals surface area (Å²) in [5, 5.41) is 0. The molecule has 0 saturated heterocycles. The zero-order valence-corrected chi connectivity index (χ0v) is 30.3. The SMILES string of the molecule is CC1(C)c2ccccc2-c2ccc(N(c3ccc(-c4ccccc4)cc3)c3ccc(-c4cccc5c4S(C)(=O)=NC(c4ccccc4)=C5)cc3)cc21. The average molecular weight is 691 g/mol. The molecule has 1 unspecified atom stereocenters. The predicted octanol–water partition coefficient (Wildman–Crippen LogP) is 12.8. The van der Waals surface area contributed by atoms with Gasteiger partial charge in [-0.25, -0.2) is 4.21 Å². The van der Waals surface area contributed by atoms with E-state index in [1.54, 1.807) is 6.26 Å². The van der Waals surface area contributed by atoms with Gasteiger partial charge in [-0.2, -0.15) is 4.36 Å². The van der Waals surface area contributed by atoms with E-state index in [1.807, 2.05) is 42.5 Å². The molecular weight excluding hydrogens is 653 g/mol. The van der Waals surface area contributed by atoms with E-state index in [2.05, 4.69) is 152 Å². The van der Waals surface area contributed by atoms with E-state index >= 15 is 0 Å². The van der Waals surface area contributed by atoms with Gasteiger partial charge in [-0.05, 0) is 92.5 Å². The smallest absolute Gasteiger partial charge is 0.0812 e. The molecule has 2 aliphatic rings. The van der Waals surface area contributed by atoms with Crippen LogP contribution >= 0.6 is 0 Å². The van der Waals surface area contributed by atoms with Crippen molar-refractivity contribution in [1.29, 1.82) is 0 Å². The van der Waals surface area contributed by atoms with Crippen molar-refractivity contribution in [2.45, 2.75) is 24.2 Å². The van der Waals surface area contributed by atoms with Crippen LogP contribution in [0.2, 0.25) is 0 Å². The van der Waals surface area contributed by atoms with Crippen LogP contribution in [-0.4, -0.2) is 10.5 Å². The van der Waals surface area contributed by atoms with E-state index in [-0.39, 0.29) is 5.41 Å². The van der Waals surface area contributed by atoms with Gasteiger partial charge >= 0.3 is 0 Å². The van der Waals surface area contributed by atoms with Gasteiger partial charge in [0.25, 0.3) is 0 Å². The fraction of sp³-hybridized carbons (Fsp3) is 0.0833. The van der Waals surface area contributed by atoms with Crippen LogP contribution in [0.25, 0.3) is 45.2 Å². The fourth-order valence-electron chi connectivity index (χ4n) is 7.97. The van der Waals surface area contributed by atoms with Gasteiger partial charge in [0, 0.05) is 34.3 Å². The van der Waals surface area contributed by atoms with Gasteiger partial charge in [0.2, 0.25) is 0 Å². The summed E-state index contributed by atoms with van der Waals surface area (Å²) in [6, 6.07) is 59.8. The molecule has 0 amide bonds. The quantitative estimate of drug-likeness (QED) is 0.174. The van der Waals surface area contributed by atoms with Gasteiger partial charge in [-0.3, -0.25) is 0 Å². The van der Waals surface area contributed by atoms with Crippen LogP contribution in [0, 0.1) is 0 Å². The fourth-order valence-corrected chi connectivity index (χ4v) is 9.76. The van der Waals surface area contributed by atoms with Crippen molar-refractivity contribution in [3.8, 4) is 33.4 Å². The van der Waals surface area contributed by atoms with E-state index in [9.17, 15) is 4.21 Å². The molecule has 0 bridgehead atoms. The predicted molar refractivity (Wildman–Crippen MR) is 219 cm³/mol. The number of anilines is 3. The minimum absolute atomic E-state index is 0.117. The zero-order chi connectivity index (χ0) is 35.5. The van der Waals surface area contributed by atoms with E-state index in [0.717, 1.165) is 49.9 Å². The first-order valence-corrected chi connectivity index (χ1v) is 19.6. The zero-order valence-electron chi connectivity index (χ0n) is 29.5. The Labute approximate surface area is 306 Å². The molecule has 3 nitrogen and oxygen atoms in total. The lowest BCUT2D eigenvalue weighted by molar-refractivity contribution is 0.660. The minimum Gasteiger partial charge on any atom is -0.310 e. The summed E-state index contributed by atoms with van der Waals surface area (Å²) in [6.07, 6.45) is 3.82. The van der Waals surface area contributed by atoms with Crippen LogP contribution in [0.5, 0.6) is 0 Å². The standard InChI is InChI=1S/C48H38N2OS/c1-48(2)44-20-11-10-18-42(44)43-30-29-40(32-45(43)48)50(38-25-21-34(22-26-38)33-13-6-4-7-14-33)39-27-23-35(24-28-39)41-19-12-17-37-31-46(36-15-8-5-9-16-36)49-52(3,51)47(37)41/h4-32H,1-3H3. The number of nitrogens with zero attached hydrogens (tertiary/aromatic N) is 2. The molecule has 4 heteroatoms. The average Bonchev–Trinajstić information content (AvgIpc) is 3.41. The van der Waals surface area contributed by atoms with Gasteiger partial charge < -0.3 is 4.90 Å². The van der Waals surface area contributed by atoms with Crippen molar-refractivity contribution in [3.63, 3.8) is 0 Å². The Balaban J connectivity index is 1.14. The molecule has 0 spiro atoms. The van der Waals surface area contributed by atoms with Crippen molar-refractivity contribution < 1.29 is 4.21 Å². The molecule has 7 aromatic carbocycles. The maximum absolute atomic E-state index is 14.3. The van der Waals surface area contributed by atoms with Crippen LogP contribution in [0.15, 0.2) is 179 Å². The lowest BCUT2D eigenvalue weighted by atomic mass is 9.82. The van der Waals surface area contributed by atoms with Gasteiger partial charge in [0.05, 0.1) is 20.3 Å². The first-order valence-electron chi connectivity index (χ1n) is 17.7. The highest BCUT2D eigenvalue weighted by Gasteiger charge is 2.35. The molecule has 0 fully saturated rings. The number of hydrogen-bond donors (Lipinski definition) is 0. The maximum atomic E-state index is 14.3. The Morgan fingerprint density at radius 3 is 1.73 bits per heavy atom. The first-order chi connectivity index (χ1) is 25.3. The third-order valence-electron chi connectivity index (χ3n) is 10.6. The first kappa shape index (κ1) is 32.0.